The molecule has 0 aromatic heterocycles. The lowest BCUT2D eigenvalue weighted by molar-refractivity contribution is 0.0116. The van der Waals surface area contributed by atoms with E-state index in [0.717, 1.165) is 13.1 Å². The molecule has 2 aromatic carbocycles. The van der Waals surface area contributed by atoms with Gasteiger partial charge in [-0.05, 0) is 18.1 Å². The zero-order valence-electron chi connectivity index (χ0n) is 12.4. The highest BCUT2D eigenvalue weighted by Crippen LogP contribution is 2.15. The third-order valence-corrected chi connectivity index (χ3v) is 3.78. The molecule has 0 bridgehead atoms. The molecule has 2 N–H and O–H groups in total. The molecule has 0 radical (unpaired) electrons. The van der Waals surface area contributed by atoms with Crippen LogP contribution in [0.15, 0.2) is 60.7 Å². The molecule has 3 heteroatoms. The van der Waals surface area contributed by atoms with Crippen LogP contribution in [0.25, 0.3) is 0 Å². The summed E-state index contributed by atoms with van der Waals surface area (Å²) in [5.41, 5.74) is 2.40. The summed E-state index contributed by atoms with van der Waals surface area (Å²) in [6.45, 7) is 3.22. The van der Waals surface area contributed by atoms with Crippen molar-refractivity contribution in [2.24, 2.45) is 0 Å². The third kappa shape index (κ3) is 4.67. The number of rotatable bonds is 7. The summed E-state index contributed by atoms with van der Waals surface area (Å²) in [4.78, 5) is 2.19. The van der Waals surface area contributed by atoms with Gasteiger partial charge in [0.25, 0.3) is 0 Å². The van der Waals surface area contributed by atoms with Gasteiger partial charge in [-0.2, -0.15) is 0 Å². The van der Waals surface area contributed by atoms with Crippen molar-refractivity contribution in [2.45, 2.75) is 32.2 Å². The highest BCUT2D eigenvalue weighted by atomic mass is 16.3. The summed E-state index contributed by atoms with van der Waals surface area (Å²) < 4.78 is 0. The molecule has 0 aliphatic rings. The van der Waals surface area contributed by atoms with E-state index in [1.807, 2.05) is 43.3 Å². The minimum Gasteiger partial charge on any atom is -0.394 e. The van der Waals surface area contributed by atoms with Gasteiger partial charge in [-0.15, -0.1) is 0 Å². The molecule has 0 spiro atoms. The van der Waals surface area contributed by atoms with Crippen LogP contribution >= 0.6 is 0 Å². The van der Waals surface area contributed by atoms with Gasteiger partial charge in [0.2, 0.25) is 0 Å². The number of hydrogen-bond acceptors (Lipinski definition) is 3. The first-order valence-corrected chi connectivity index (χ1v) is 7.31. The number of hydrogen-bond donors (Lipinski definition) is 2. The quantitative estimate of drug-likeness (QED) is 0.821. The predicted molar refractivity (Wildman–Crippen MR) is 84.7 cm³/mol. The Hall–Kier alpha value is -1.68. The van der Waals surface area contributed by atoms with E-state index in [9.17, 15) is 10.2 Å². The Balaban J connectivity index is 2.13. The van der Waals surface area contributed by atoms with Crippen molar-refractivity contribution >= 4 is 0 Å². The van der Waals surface area contributed by atoms with Crippen molar-refractivity contribution in [1.29, 1.82) is 0 Å². The van der Waals surface area contributed by atoms with Gasteiger partial charge >= 0.3 is 0 Å². The second-order valence-electron chi connectivity index (χ2n) is 5.37. The Morgan fingerprint density at radius 2 is 1.29 bits per heavy atom. The Morgan fingerprint density at radius 1 is 0.857 bits per heavy atom. The molecule has 0 unspecified atom stereocenters. The average molecular weight is 285 g/mol. The largest absolute Gasteiger partial charge is 0.394 e. The third-order valence-electron chi connectivity index (χ3n) is 3.78. The molecule has 0 aliphatic heterocycles. The summed E-state index contributed by atoms with van der Waals surface area (Å²) in [5.74, 6) is 0. The molecule has 2 atom stereocenters. The topological polar surface area (TPSA) is 43.7 Å². The molecule has 0 saturated heterocycles. The Kier molecular flexibility index (Phi) is 5.93. The van der Waals surface area contributed by atoms with Crippen molar-refractivity contribution in [1.82, 2.24) is 4.90 Å². The lowest BCUT2D eigenvalue weighted by atomic mass is 10.1. The van der Waals surface area contributed by atoms with E-state index in [1.165, 1.54) is 11.1 Å². The van der Waals surface area contributed by atoms with Crippen molar-refractivity contribution < 1.29 is 10.2 Å². The highest BCUT2D eigenvalue weighted by molar-refractivity contribution is 5.17. The van der Waals surface area contributed by atoms with Crippen LogP contribution in [0.5, 0.6) is 0 Å². The Morgan fingerprint density at radius 3 is 1.67 bits per heavy atom. The summed E-state index contributed by atoms with van der Waals surface area (Å²) in [6.07, 6.45) is -0.738. The number of aliphatic hydroxyl groups excluding tert-OH is 2. The van der Waals surface area contributed by atoms with Crippen LogP contribution in [0, 0.1) is 0 Å². The fourth-order valence-corrected chi connectivity index (χ4v) is 2.38. The van der Waals surface area contributed by atoms with Crippen LogP contribution in [0.1, 0.15) is 18.1 Å². The van der Waals surface area contributed by atoms with E-state index >= 15 is 0 Å². The van der Waals surface area contributed by atoms with E-state index in [4.69, 9.17) is 0 Å². The van der Waals surface area contributed by atoms with Crippen LogP contribution in [0.2, 0.25) is 0 Å². The minimum atomic E-state index is -0.738. The lowest BCUT2D eigenvalue weighted by Gasteiger charge is -2.32. The maximum atomic E-state index is 9.96. The van der Waals surface area contributed by atoms with E-state index in [0.29, 0.717) is 0 Å². The second kappa shape index (κ2) is 7.93. The summed E-state index contributed by atoms with van der Waals surface area (Å²) in [5, 5.41) is 19.2. The van der Waals surface area contributed by atoms with Gasteiger partial charge in [-0.1, -0.05) is 60.7 Å². The van der Waals surface area contributed by atoms with Crippen molar-refractivity contribution in [2.75, 3.05) is 6.61 Å². The Bertz CT molecular complexity index is 474. The highest BCUT2D eigenvalue weighted by Gasteiger charge is 2.21. The molecular formula is C18H23NO2. The number of aliphatic hydroxyl groups is 2. The van der Waals surface area contributed by atoms with Crippen LogP contribution in [0.4, 0.5) is 0 Å². The molecule has 21 heavy (non-hydrogen) atoms. The van der Waals surface area contributed by atoms with Gasteiger partial charge in [-0.25, -0.2) is 0 Å². The maximum absolute atomic E-state index is 9.96. The van der Waals surface area contributed by atoms with Crippen LogP contribution in [-0.2, 0) is 13.1 Å². The van der Waals surface area contributed by atoms with Gasteiger partial charge in [0.05, 0.1) is 12.7 Å². The monoisotopic (exact) mass is 285 g/mol. The van der Waals surface area contributed by atoms with Crippen molar-refractivity contribution in [3.05, 3.63) is 71.8 Å². The summed E-state index contributed by atoms with van der Waals surface area (Å²) >= 11 is 0. The molecule has 0 amide bonds. The smallest absolute Gasteiger partial charge is 0.0923 e. The van der Waals surface area contributed by atoms with E-state index < -0.39 is 6.10 Å². The van der Waals surface area contributed by atoms with Crippen LogP contribution in [-0.4, -0.2) is 33.9 Å². The first-order chi connectivity index (χ1) is 10.2. The van der Waals surface area contributed by atoms with Crippen LogP contribution in [0.3, 0.4) is 0 Å². The van der Waals surface area contributed by atoms with E-state index in [1.54, 1.807) is 0 Å². The normalized spacial score (nSPS) is 14.1. The molecule has 0 fully saturated rings. The SMILES string of the molecule is C[C@@H]([C@@H](O)CO)N(Cc1ccccc1)Cc1ccccc1. The zero-order chi connectivity index (χ0) is 15.1. The maximum Gasteiger partial charge on any atom is 0.0923 e. The van der Waals surface area contributed by atoms with E-state index in [2.05, 4.69) is 29.2 Å². The van der Waals surface area contributed by atoms with Crippen molar-refractivity contribution in [3.8, 4) is 0 Å². The molecule has 3 nitrogen and oxygen atoms in total. The molecule has 2 aromatic rings. The van der Waals surface area contributed by atoms with Gasteiger partial charge in [0, 0.05) is 19.1 Å². The van der Waals surface area contributed by atoms with Gasteiger partial charge < -0.3 is 10.2 Å². The fourth-order valence-electron chi connectivity index (χ4n) is 2.38. The molecular weight excluding hydrogens is 262 g/mol. The standard InChI is InChI=1S/C18H23NO2/c1-15(18(21)14-20)19(12-16-8-4-2-5-9-16)13-17-10-6-3-7-11-17/h2-11,15,18,20-21H,12-14H2,1H3/t15-,18-/m0/s1. The average Bonchev–Trinajstić information content (AvgIpc) is 2.54. The van der Waals surface area contributed by atoms with Gasteiger partial charge in [-0.3, -0.25) is 4.90 Å². The molecule has 0 aliphatic carbocycles. The first kappa shape index (κ1) is 15.7. The van der Waals surface area contributed by atoms with Gasteiger partial charge in [0.15, 0.2) is 0 Å². The molecule has 0 heterocycles. The molecule has 112 valence electrons. The number of benzene rings is 2. The minimum absolute atomic E-state index is 0.115. The molecule has 2 rings (SSSR count). The lowest BCUT2D eigenvalue weighted by Crippen LogP contribution is -2.42. The molecule has 0 saturated carbocycles. The fraction of sp³-hybridized carbons (Fsp3) is 0.333. The second-order valence-corrected chi connectivity index (χ2v) is 5.37. The zero-order valence-corrected chi connectivity index (χ0v) is 12.4. The Labute approximate surface area is 126 Å². The van der Waals surface area contributed by atoms with Gasteiger partial charge in [0.1, 0.15) is 0 Å². The summed E-state index contributed by atoms with van der Waals surface area (Å²) in [7, 11) is 0. The summed E-state index contributed by atoms with van der Waals surface area (Å²) in [6, 6.07) is 20.3. The van der Waals surface area contributed by atoms with Crippen molar-refractivity contribution in [3.63, 3.8) is 0 Å². The van der Waals surface area contributed by atoms with E-state index in [-0.39, 0.29) is 12.6 Å². The van der Waals surface area contributed by atoms with Crippen LogP contribution < -0.4 is 0 Å². The number of nitrogens with zero attached hydrogens (tertiary/aromatic N) is 1. The first-order valence-electron chi connectivity index (χ1n) is 7.31. The predicted octanol–water partition coefficient (Wildman–Crippen LogP) is 2.43.